The zero-order chi connectivity index (χ0) is 68.2. The molecule has 19 nitrogen and oxygen atoms in total. The molecule has 19 heteroatoms. The van der Waals surface area contributed by atoms with Crippen molar-refractivity contribution in [2.75, 3.05) is 26.4 Å². The van der Waals surface area contributed by atoms with Crippen LogP contribution >= 0.6 is 0 Å². The molecule has 0 aromatic rings. The van der Waals surface area contributed by atoms with E-state index in [4.69, 9.17) is 28.4 Å². The van der Waals surface area contributed by atoms with Gasteiger partial charge in [0.15, 0.2) is 18.9 Å². The fraction of sp³-hybridized carbons (Fsp3) is 0.853. The number of ether oxygens (including phenoxy) is 6. The molecular weight excluding hydrogens is 1200 g/mol. The average molecular weight is 1340 g/mol. The Bertz CT molecular complexity index is 1940. The van der Waals surface area contributed by atoms with E-state index in [1.54, 1.807) is 6.08 Å². The van der Waals surface area contributed by atoms with Crippen molar-refractivity contribution in [3.63, 3.8) is 0 Å². The van der Waals surface area contributed by atoms with Crippen molar-refractivity contribution >= 4 is 5.91 Å². The van der Waals surface area contributed by atoms with Crippen molar-refractivity contribution in [1.29, 1.82) is 0 Å². The van der Waals surface area contributed by atoms with Gasteiger partial charge in [-0.2, -0.15) is 0 Å². The number of nitrogens with one attached hydrogen (secondary N) is 1. The van der Waals surface area contributed by atoms with Gasteiger partial charge in [-0.3, -0.25) is 4.79 Å². The Hall–Kier alpha value is -2.51. The molecule has 0 aliphatic carbocycles. The first-order valence-corrected chi connectivity index (χ1v) is 37.5. The highest BCUT2D eigenvalue weighted by atomic mass is 16.8. The number of rotatable bonds is 58. The number of aliphatic hydroxyl groups is 11. The Kier molecular flexibility index (Phi) is 51.3. The van der Waals surface area contributed by atoms with Crippen LogP contribution in [0.25, 0.3) is 0 Å². The fourth-order valence-corrected chi connectivity index (χ4v) is 12.5. The second-order valence-electron chi connectivity index (χ2n) is 26.7. The summed E-state index contributed by atoms with van der Waals surface area (Å²) in [6, 6.07) is -0.970. The van der Waals surface area contributed by atoms with Gasteiger partial charge in [0.05, 0.1) is 38.6 Å². The van der Waals surface area contributed by atoms with E-state index in [0.717, 1.165) is 70.6 Å². The standard InChI is InChI=1S/C75H135NO18/c1-3-5-7-9-11-13-15-16-17-18-19-20-21-22-23-24-25-26-27-28-29-30-31-32-33-34-35-36-37-38-39-40-41-42-43-45-47-49-51-53-63(81)76-58(59(80)52-50-48-46-44-14-12-10-8-6-4-2)57-89-73-69(87)66(84)71(61(55-78)91-73)94-75-70(88)67(85)72(62(56-79)92-75)93-74-68(86)65(83)64(82)60(54-77)90-74/h5,7,11,13,16-17,19-20,50,52,58-62,64-75,77-80,82-88H,3-4,6,8-10,12,14-15,18,21-49,51,53-57H2,1-2H3,(H,76,81)/b7-5-,13-11-,17-16-,20-19-,52-50+. The van der Waals surface area contributed by atoms with Crippen LogP contribution in [0.4, 0.5) is 0 Å². The molecule has 3 aliphatic heterocycles. The zero-order valence-corrected chi connectivity index (χ0v) is 58.2. The largest absolute Gasteiger partial charge is 0.394 e. The van der Waals surface area contributed by atoms with E-state index in [9.17, 15) is 61.0 Å². The number of unbranched alkanes of at least 4 members (excludes halogenated alkanes) is 34. The van der Waals surface area contributed by atoms with Crippen molar-refractivity contribution in [3.8, 4) is 0 Å². The maximum absolute atomic E-state index is 13.4. The Labute approximate surface area is 566 Å². The molecule has 3 saturated heterocycles. The predicted octanol–water partition coefficient (Wildman–Crippen LogP) is 11.1. The van der Waals surface area contributed by atoms with Gasteiger partial charge in [-0.1, -0.05) is 274 Å². The molecule has 3 rings (SSSR count). The first-order valence-electron chi connectivity index (χ1n) is 37.5. The molecule has 0 aromatic heterocycles. The molecule has 1 amide bonds. The summed E-state index contributed by atoms with van der Waals surface area (Å²) < 4.78 is 34.3. The number of allylic oxidation sites excluding steroid dienone is 9. The topological polar surface area (TPSA) is 307 Å². The molecule has 3 heterocycles. The molecule has 0 aromatic carbocycles. The van der Waals surface area contributed by atoms with Gasteiger partial charge in [0.25, 0.3) is 0 Å². The van der Waals surface area contributed by atoms with E-state index < -0.39 is 124 Å². The van der Waals surface area contributed by atoms with Crippen LogP contribution in [0.3, 0.4) is 0 Å². The first-order chi connectivity index (χ1) is 45.8. The molecule has 3 aliphatic rings. The monoisotopic (exact) mass is 1340 g/mol. The lowest BCUT2D eigenvalue weighted by Crippen LogP contribution is -2.66. The third-order valence-corrected chi connectivity index (χ3v) is 18.6. The molecule has 0 radical (unpaired) electrons. The Morgan fingerprint density at radius 2 is 0.734 bits per heavy atom. The molecule has 17 unspecified atom stereocenters. The van der Waals surface area contributed by atoms with Crippen LogP contribution in [0.1, 0.15) is 277 Å². The Morgan fingerprint density at radius 3 is 1.15 bits per heavy atom. The highest BCUT2D eigenvalue weighted by molar-refractivity contribution is 5.76. The van der Waals surface area contributed by atoms with E-state index in [1.165, 1.54) is 180 Å². The van der Waals surface area contributed by atoms with E-state index in [-0.39, 0.29) is 18.9 Å². The van der Waals surface area contributed by atoms with Crippen LogP contribution in [-0.4, -0.2) is 193 Å². The third kappa shape index (κ3) is 37.1. The number of carbonyl (C=O) groups excluding carboxylic acids is 1. The number of hydrogen-bond donors (Lipinski definition) is 12. The van der Waals surface area contributed by atoms with Crippen LogP contribution < -0.4 is 5.32 Å². The van der Waals surface area contributed by atoms with Crippen LogP contribution in [0.5, 0.6) is 0 Å². The normalized spacial score (nSPS) is 27.7. The molecule has 94 heavy (non-hydrogen) atoms. The van der Waals surface area contributed by atoms with Gasteiger partial charge in [0.1, 0.15) is 73.2 Å². The molecule has 12 N–H and O–H groups in total. The number of aliphatic hydroxyl groups excluding tert-OH is 11. The van der Waals surface area contributed by atoms with E-state index >= 15 is 0 Å². The van der Waals surface area contributed by atoms with Gasteiger partial charge in [0.2, 0.25) is 5.91 Å². The molecule has 17 atom stereocenters. The molecule has 0 saturated carbocycles. The molecule has 0 spiro atoms. The Balaban J connectivity index is 1.26. The van der Waals surface area contributed by atoms with Crippen molar-refractivity contribution in [3.05, 3.63) is 60.8 Å². The number of amides is 1. The van der Waals surface area contributed by atoms with Crippen molar-refractivity contribution in [2.45, 2.75) is 381 Å². The summed E-state index contributed by atoms with van der Waals surface area (Å²) in [5, 5.41) is 120. The van der Waals surface area contributed by atoms with Crippen LogP contribution in [0.2, 0.25) is 0 Å². The first kappa shape index (κ1) is 85.7. The van der Waals surface area contributed by atoms with E-state index in [2.05, 4.69) is 67.8 Å². The molecule has 548 valence electrons. The number of carbonyl (C=O) groups is 1. The van der Waals surface area contributed by atoms with Gasteiger partial charge in [-0.25, -0.2) is 0 Å². The summed E-state index contributed by atoms with van der Waals surface area (Å²) >= 11 is 0. The molecule has 0 bridgehead atoms. The van der Waals surface area contributed by atoms with Gasteiger partial charge < -0.3 is 89.9 Å². The predicted molar refractivity (Wildman–Crippen MR) is 369 cm³/mol. The highest BCUT2D eigenvalue weighted by Gasteiger charge is 2.53. The van der Waals surface area contributed by atoms with Gasteiger partial charge >= 0.3 is 0 Å². The van der Waals surface area contributed by atoms with Crippen molar-refractivity contribution in [1.82, 2.24) is 5.32 Å². The maximum atomic E-state index is 13.4. The zero-order valence-electron chi connectivity index (χ0n) is 58.2. The highest BCUT2D eigenvalue weighted by Crippen LogP contribution is 2.33. The van der Waals surface area contributed by atoms with Crippen molar-refractivity contribution in [2.24, 2.45) is 0 Å². The smallest absolute Gasteiger partial charge is 0.220 e. The quantitative estimate of drug-likeness (QED) is 0.0199. The van der Waals surface area contributed by atoms with Crippen molar-refractivity contribution < 1.29 is 89.4 Å². The fourth-order valence-electron chi connectivity index (χ4n) is 12.5. The number of hydrogen-bond acceptors (Lipinski definition) is 18. The Morgan fingerprint density at radius 1 is 0.394 bits per heavy atom. The minimum atomic E-state index is -1.98. The van der Waals surface area contributed by atoms with Gasteiger partial charge in [-0.15, -0.1) is 0 Å². The minimum Gasteiger partial charge on any atom is -0.394 e. The van der Waals surface area contributed by atoms with E-state index in [0.29, 0.717) is 6.42 Å². The molecule has 3 fully saturated rings. The summed E-state index contributed by atoms with van der Waals surface area (Å²) in [6.07, 6.45) is 44.0. The average Bonchev–Trinajstić information content (AvgIpc) is 0.788. The minimum absolute atomic E-state index is 0.246. The summed E-state index contributed by atoms with van der Waals surface area (Å²) in [7, 11) is 0. The summed E-state index contributed by atoms with van der Waals surface area (Å²) in [5.41, 5.74) is 0. The van der Waals surface area contributed by atoms with Gasteiger partial charge in [0, 0.05) is 6.42 Å². The second kappa shape index (κ2) is 56.3. The van der Waals surface area contributed by atoms with Crippen LogP contribution in [-0.2, 0) is 33.2 Å². The third-order valence-electron chi connectivity index (χ3n) is 18.6. The van der Waals surface area contributed by atoms with Crippen LogP contribution in [0.15, 0.2) is 60.8 Å². The van der Waals surface area contributed by atoms with Crippen LogP contribution in [0, 0.1) is 0 Å². The second-order valence-corrected chi connectivity index (χ2v) is 26.7. The van der Waals surface area contributed by atoms with Gasteiger partial charge in [-0.05, 0) is 57.8 Å². The summed E-state index contributed by atoms with van der Waals surface area (Å²) in [4.78, 5) is 13.4. The lowest BCUT2D eigenvalue weighted by molar-refractivity contribution is -0.379. The lowest BCUT2D eigenvalue weighted by Gasteiger charge is -2.48. The SMILES string of the molecule is CC/C=C\C/C=C\C/C=C\C/C=C\CCCCCCCCCCCCCCCCCCCCCCCCCCCCC(=O)NC(COC1OC(CO)C(OC2OC(CO)C(OC3OC(CO)C(O)C(O)C3O)C(O)C2O)C(O)C1O)C(O)/C=C/CCCCCCCCCC. The summed E-state index contributed by atoms with van der Waals surface area (Å²) in [6.45, 7) is 1.60. The molecular formula is C75H135NO18. The summed E-state index contributed by atoms with van der Waals surface area (Å²) in [5.74, 6) is -0.274. The lowest BCUT2D eigenvalue weighted by atomic mass is 9.96. The van der Waals surface area contributed by atoms with E-state index in [1.807, 2.05) is 6.08 Å². The maximum Gasteiger partial charge on any atom is 0.220 e.